The van der Waals surface area contributed by atoms with Crippen LogP contribution < -0.4 is 10.1 Å². The normalized spacial score (nSPS) is 12.0. The number of anilines is 1. The Morgan fingerprint density at radius 2 is 1.90 bits per heavy atom. The molecule has 0 saturated heterocycles. The molecular weight excluding hydrogens is 296 g/mol. The molecule has 1 unspecified atom stereocenters. The van der Waals surface area contributed by atoms with Gasteiger partial charge in [-0.25, -0.2) is 8.78 Å². The first-order valence-electron chi connectivity index (χ1n) is 6.65. The number of rotatable bonds is 5. The summed E-state index contributed by atoms with van der Waals surface area (Å²) >= 11 is 5.76. The average molecular weight is 312 g/mol. The van der Waals surface area contributed by atoms with Crippen molar-refractivity contribution in [2.75, 3.05) is 11.9 Å². The third-order valence-electron chi connectivity index (χ3n) is 3.06. The van der Waals surface area contributed by atoms with E-state index >= 15 is 0 Å². The highest BCUT2D eigenvalue weighted by atomic mass is 35.5. The highest BCUT2D eigenvalue weighted by molar-refractivity contribution is 6.30. The molecule has 5 heteroatoms. The highest BCUT2D eigenvalue weighted by Crippen LogP contribution is 2.26. The minimum absolute atomic E-state index is 0.0685. The fraction of sp³-hybridized carbons (Fsp3) is 0.250. The number of ether oxygens (including phenoxy) is 1. The maximum Gasteiger partial charge on any atom is 0.167 e. The van der Waals surface area contributed by atoms with E-state index in [1.165, 1.54) is 12.1 Å². The van der Waals surface area contributed by atoms with E-state index in [2.05, 4.69) is 5.32 Å². The van der Waals surface area contributed by atoms with Crippen molar-refractivity contribution in [2.45, 2.75) is 19.9 Å². The molecule has 1 atom stereocenters. The van der Waals surface area contributed by atoms with Crippen LogP contribution in [0, 0.1) is 11.6 Å². The molecule has 0 aliphatic carbocycles. The Kier molecular flexibility index (Phi) is 5.02. The quantitative estimate of drug-likeness (QED) is 0.820. The van der Waals surface area contributed by atoms with E-state index < -0.39 is 11.6 Å². The summed E-state index contributed by atoms with van der Waals surface area (Å²) in [7, 11) is 0. The summed E-state index contributed by atoms with van der Waals surface area (Å²) in [6.45, 7) is 4.10. The van der Waals surface area contributed by atoms with E-state index in [4.69, 9.17) is 16.3 Å². The van der Waals surface area contributed by atoms with Crippen LogP contribution in [-0.4, -0.2) is 6.61 Å². The zero-order valence-electron chi connectivity index (χ0n) is 11.8. The second kappa shape index (κ2) is 6.76. The maximum absolute atomic E-state index is 13.8. The van der Waals surface area contributed by atoms with Gasteiger partial charge in [-0.15, -0.1) is 0 Å². The lowest BCUT2D eigenvalue weighted by atomic mass is 10.1. The van der Waals surface area contributed by atoms with Crippen molar-refractivity contribution in [1.29, 1.82) is 0 Å². The monoisotopic (exact) mass is 311 g/mol. The van der Waals surface area contributed by atoms with Gasteiger partial charge in [0.2, 0.25) is 0 Å². The minimum atomic E-state index is -0.459. The summed E-state index contributed by atoms with van der Waals surface area (Å²) in [6, 6.07) is 9.05. The summed E-state index contributed by atoms with van der Waals surface area (Å²) in [4.78, 5) is 0. The lowest BCUT2D eigenvalue weighted by molar-refractivity contribution is 0.321. The third-order valence-corrected chi connectivity index (χ3v) is 3.35. The van der Waals surface area contributed by atoms with Crippen LogP contribution in [0.3, 0.4) is 0 Å². The predicted octanol–water partition coefficient (Wildman–Crippen LogP) is 5.19. The predicted molar refractivity (Wildman–Crippen MR) is 81.0 cm³/mol. The molecule has 0 spiro atoms. The Hall–Kier alpha value is -1.81. The second-order valence-corrected chi connectivity index (χ2v) is 5.02. The molecule has 2 nitrogen and oxygen atoms in total. The van der Waals surface area contributed by atoms with E-state index in [-0.39, 0.29) is 16.8 Å². The fourth-order valence-electron chi connectivity index (χ4n) is 1.98. The molecule has 0 aromatic heterocycles. The lowest BCUT2D eigenvalue weighted by Crippen LogP contribution is -2.07. The van der Waals surface area contributed by atoms with Gasteiger partial charge in [0.05, 0.1) is 11.6 Å². The van der Waals surface area contributed by atoms with Crippen molar-refractivity contribution in [2.24, 2.45) is 0 Å². The average Bonchev–Trinajstić information content (AvgIpc) is 2.45. The Labute approximate surface area is 127 Å². The van der Waals surface area contributed by atoms with E-state index in [9.17, 15) is 8.78 Å². The van der Waals surface area contributed by atoms with Gasteiger partial charge in [-0.2, -0.15) is 0 Å². The first-order chi connectivity index (χ1) is 10.0. The zero-order chi connectivity index (χ0) is 15.4. The minimum Gasteiger partial charge on any atom is -0.491 e. The first kappa shape index (κ1) is 15.6. The van der Waals surface area contributed by atoms with Crippen LogP contribution in [0.1, 0.15) is 25.5 Å². The number of halogens is 3. The summed E-state index contributed by atoms with van der Waals surface area (Å²) in [5, 5.41) is 3.21. The fourth-order valence-corrected chi connectivity index (χ4v) is 2.17. The molecule has 0 radical (unpaired) electrons. The van der Waals surface area contributed by atoms with Crippen LogP contribution in [0.4, 0.5) is 14.5 Å². The van der Waals surface area contributed by atoms with Crippen molar-refractivity contribution in [3.8, 4) is 5.75 Å². The molecule has 21 heavy (non-hydrogen) atoms. The van der Waals surface area contributed by atoms with Crippen molar-refractivity contribution in [3.05, 3.63) is 58.6 Å². The topological polar surface area (TPSA) is 21.3 Å². The van der Waals surface area contributed by atoms with Gasteiger partial charge in [0.1, 0.15) is 5.82 Å². The molecular formula is C16H16ClF2NO. The molecule has 2 aromatic rings. The molecule has 0 saturated carbocycles. The van der Waals surface area contributed by atoms with Crippen LogP contribution in [0.25, 0.3) is 0 Å². The SMILES string of the molecule is CCOc1ccc(NC(C)c2ccc(F)c(Cl)c2)cc1F. The number of benzene rings is 2. The Bertz CT molecular complexity index is 634. The summed E-state index contributed by atoms with van der Waals surface area (Å²) < 4.78 is 32.1. The molecule has 0 heterocycles. The van der Waals surface area contributed by atoms with Crippen LogP contribution in [0.2, 0.25) is 5.02 Å². The molecule has 0 bridgehead atoms. The van der Waals surface area contributed by atoms with Gasteiger partial charge in [0, 0.05) is 17.8 Å². The smallest absolute Gasteiger partial charge is 0.167 e. The van der Waals surface area contributed by atoms with E-state index in [1.807, 2.05) is 6.92 Å². The van der Waals surface area contributed by atoms with E-state index in [1.54, 1.807) is 31.2 Å². The highest BCUT2D eigenvalue weighted by Gasteiger charge is 2.10. The van der Waals surface area contributed by atoms with E-state index in [0.717, 1.165) is 5.56 Å². The van der Waals surface area contributed by atoms with Gasteiger partial charge in [-0.3, -0.25) is 0 Å². The van der Waals surface area contributed by atoms with Crippen LogP contribution in [-0.2, 0) is 0 Å². The van der Waals surface area contributed by atoms with Gasteiger partial charge in [0.25, 0.3) is 0 Å². The van der Waals surface area contributed by atoms with Crippen LogP contribution in [0.5, 0.6) is 5.75 Å². The second-order valence-electron chi connectivity index (χ2n) is 4.62. The van der Waals surface area contributed by atoms with Gasteiger partial charge in [0.15, 0.2) is 11.6 Å². The van der Waals surface area contributed by atoms with Gasteiger partial charge < -0.3 is 10.1 Å². The van der Waals surface area contributed by atoms with Crippen molar-refractivity contribution in [1.82, 2.24) is 0 Å². The van der Waals surface area contributed by atoms with Crippen LogP contribution >= 0.6 is 11.6 Å². The lowest BCUT2D eigenvalue weighted by Gasteiger charge is -2.17. The largest absolute Gasteiger partial charge is 0.491 e. The summed E-state index contributed by atoms with van der Waals surface area (Å²) in [6.07, 6.45) is 0. The molecule has 0 aliphatic heterocycles. The van der Waals surface area contributed by atoms with Gasteiger partial charge >= 0.3 is 0 Å². The van der Waals surface area contributed by atoms with Gasteiger partial charge in [-0.1, -0.05) is 17.7 Å². The Balaban J connectivity index is 2.13. The molecule has 2 aromatic carbocycles. The molecule has 1 N–H and O–H groups in total. The standard InChI is InChI=1S/C16H16ClF2NO/c1-3-21-16-7-5-12(9-15(16)19)20-10(2)11-4-6-14(18)13(17)8-11/h4-10,20H,3H2,1-2H3. The van der Waals surface area contributed by atoms with E-state index in [0.29, 0.717) is 12.3 Å². The zero-order valence-corrected chi connectivity index (χ0v) is 12.5. The van der Waals surface area contributed by atoms with Crippen LogP contribution in [0.15, 0.2) is 36.4 Å². The summed E-state index contributed by atoms with van der Waals surface area (Å²) in [5.41, 5.74) is 1.43. The summed E-state index contributed by atoms with van der Waals surface area (Å²) in [5.74, 6) is -0.661. The number of hydrogen-bond acceptors (Lipinski definition) is 2. The third kappa shape index (κ3) is 3.85. The molecule has 0 aliphatic rings. The van der Waals surface area contributed by atoms with Crippen molar-refractivity contribution < 1.29 is 13.5 Å². The van der Waals surface area contributed by atoms with Crippen molar-refractivity contribution >= 4 is 17.3 Å². The molecule has 112 valence electrons. The number of hydrogen-bond donors (Lipinski definition) is 1. The molecule has 0 amide bonds. The Morgan fingerprint density at radius 3 is 2.52 bits per heavy atom. The van der Waals surface area contributed by atoms with Gasteiger partial charge in [-0.05, 0) is 43.7 Å². The first-order valence-corrected chi connectivity index (χ1v) is 7.03. The maximum atomic E-state index is 13.8. The number of nitrogens with one attached hydrogen (secondary N) is 1. The Morgan fingerprint density at radius 1 is 1.14 bits per heavy atom. The van der Waals surface area contributed by atoms with Crippen molar-refractivity contribution in [3.63, 3.8) is 0 Å². The molecule has 0 fully saturated rings. The molecule has 2 rings (SSSR count).